The maximum absolute atomic E-state index is 12.9. The number of hydrogen-bond acceptors (Lipinski definition) is 6. The molecule has 0 saturated carbocycles. The Hall–Kier alpha value is -3.33. The van der Waals surface area contributed by atoms with E-state index in [9.17, 15) is 9.59 Å². The van der Waals surface area contributed by atoms with E-state index in [1.165, 1.54) is 4.68 Å². The van der Waals surface area contributed by atoms with Gasteiger partial charge in [0.05, 0.1) is 24.4 Å². The molecule has 3 heterocycles. The zero-order valence-electron chi connectivity index (χ0n) is 17.0. The Morgan fingerprint density at radius 1 is 1.17 bits per heavy atom. The van der Waals surface area contributed by atoms with E-state index in [-0.39, 0.29) is 24.6 Å². The number of carbonyl (C=O) groups is 1. The Morgan fingerprint density at radius 3 is 2.73 bits per heavy atom. The van der Waals surface area contributed by atoms with Gasteiger partial charge in [-0.05, 0) is 29.6 Å². The van der Waals surface area contributed by atoms with Crippen molar-refractivity contribution in [3.05, 3.63) is 57.5 Å². The predicted molar refractivity (Wildman–Crippen MR) is 116 cm³/mol. The van der Waals surface area contributed by atoms with E-state index in [1.807, 2.05) is 34.9 Å². The van der Waals surface area contributed by atoms with E-state index >= 15 is 0 Å². The van der Waals surface area contributed by atoms with E-state index < -0.39 is 0 Å². The minimum Gasteiger partial charge on any atom is -0.497 e. The monoisotopic (exact) mass is 426 g/mol. The highest BCUT2D eigenvalue weighted by molar-refractivity contribution is 7.17. The zero-order chi connectivity index (χ0) is 21.3. The van der Waals surface area contributed by atoms with Crippen LogP contribution in [0.2, 0.25) is 0 Å². The first-order chi connectivity index (χ1) is 14.5. The van der Waals surface area contributed by atoms with Crippen molar-refractivity contribution in [2.45, 2.75) is 26.4 Å². The van der Waals surface area contributed by atoms with Gasteiger partial charge in [-0.15, -0.1) is 11.3 Å². The van der Waals surface area contributed by atoms with Crippen molar-refractivity contribution < 1.29 is 14.3 Å². The van der Waals surface area contributed by atoms with E-state index in [0.717, 1.165) is 21.6 Å². The van der Waals surface area contributed by atoms with Crippen LogP contribution >= 0.6 is 11.3 Å². The molecule has 4 rings (SSSR count). The van der Waals surface area contributed by atoms with Gasteiger partial charge in [0.2, 0.25) is 5.91 Å². The van der Waals surface area contributed by atoms with Gasteiger partial charge >= 0.3 is 0 Å². The molecule has 156 valence electrons. The molecular weight excluding hydrogens is 404 g/mol. The van der Waals surface area contributed by atoms with E-state index in [4.69, 9.17) is 9.47 Å². The molecule has 0 atom stereocenters. The average Bonchev–Trinajstić information content (AvgIpc) is 3.36. The lowest BCUT2D eigenvalue weighted by Gasteiger charge is -2.12. The number of ether oxygens (including phenoxy) is 2. The second-order valence-electron chi connectivity index (χ2n) is 6.72. The minimum atomic E-state index is -0.303. The molecule has 0 radical (unpaired) electrons. The molecule has 0 fully saturated rings. The van der Waals surface area contributed by atoms with Gasteiger partial charge in [0, 0.05) is 24.6 Å². The Bertz CT molecular complexity index is 1290. The summed E-state index contributed by atoms with van der Waals surface area (Å²) < 4.78 is 14.7. The molecule has 8 nitrogen and oxygen atoms in total. The largest absolute Gasteiger partial charge is 0.497 e. The predicted octanol–water partition coefficient (Wildman–Crippen LogP) is 2.61. The van der Waals surface area contributed by atoms with Gasteiger partial charge in [-0.1, -0.05) is 6.92 Å². The van der Waals surface area contributed by atoms with Gasteiger partial charge < -0.3 is 14.8 Å². The average molecular weight is 426 g/mol. The first-order valence-corrected chi connectivity index (χ1v) is 10.4. The van der Waals surface area contributed by atoms with Crippen molar-refractivity contribution in [2.24, 2.45) is 0 Å². The van der Waals surface area contributed by atoms with Crippen LogP contribution in [-0.4, -0.2) is 34.3 Å². The molecule has 9 heteroatoms. The third-order valence-electron chi connectivity index (χ3n) is 4.95. The van der Waals surface area contributed by atoms with Crippen LogP contribution in [0.5, 0.6) is 11.5 Å². The summed E-state index contributed by atoms with van der Waals surface area (Å²) in [6.07, 6.45) is 0.640. The van der Waals surface area contributed by atoms with Crippen LogP contribution in [0.4, 0.5) is 0 Å². The number of rotatable bonds is 7. The summed E-state index contributed by atoms with van der Waals surface area (Å²) >= 11 is 1.58. The molecule has 4 aromatic rings. The maximum Gasteiger partial charge on any atom is 0.291 e. The van der Waals surface area contributed by atoms with Crippen LogP contribution in [0.15, 0.2) is 40.5 Å². The van der Waals surface area contributed by atoms with E-state index in [1.54, 1.807) is 37.7 Å². The lowest BCUT2D eigenvalue weighted by Crippen LogP contribution is -2.35. The number of thiophene rings is 1. The first-order valence-electron chi connectivity index (χ1n) is 9.52. The number of fused-ring (bicyclic) bond motifs is 3. The molecule has 0 bridgehead atoms. The summed E-state index contributed by atoms with van der Waals surface area (Å²) in [5.74, 6) is 1.72. The molecule has 1 N–H and O–H groups in total. The van der Waals surface area contributed by atoms with Crippen molar-refractivity contribution >= 4 is 33.0 Å². The number of nitrogens with one attached hydrogen (secondary N) is 1. The van der Waals surface area contributed by atoms with Crippen molar-refractivity contribution in [3.63, 3.8) is 0 Å². The highest BCUT2D eigenvalue weighted by atomic mass is 32.1. The normalized spacial score (nSPS) is 11.2. The number of methoxy groups -OCH3 is 2. The Labute approximate surface area is 176 Å². The lowest BCUT2D eigenvalue weighted by atomic mass is 10.2. The second kappa shape index (κ2) is 8.19. The molecule has 0 aliphatic heterocycles. The molecule has 1 amide bonds. The molecule has 1 aromatic carbocycles. The molecule has 0 aliphatic rings. The van der Waals surface area contributed by atoms with Crippen molar-refractivity contribution in [2.75, 3.05) is 14.2 Å². The molecule has 3 aromatic heterocycles. The Kier molecular flexibility index (Phi) is 5.45. The molecule has 0 spiro atoms. The lowest BCUT2D eigenvalue weighted by molar-refractivity contribution is -0.122. The fourth-order valence-corrected chi connectivity index (χ4v) is 4.25. The summed E-state index contributed by atoms with van der Waals surface area (Å²) in [6.45, 7) is 2.09. The molecular formula is C21H22N4O4S. The number of aryl methyl sites for hydroxylation is 1. The Morgan fingerprint density at radius 2 is 2.00 bits per heavy atom. The number of hydrogen-bond donors (Lipinski definition) is 1. The van der Waals surface area contributed by atoms with E-state index in [0.29, 0.717) is 23.4 Å². The standard InChI is InChI=1S/C21H22N4O4S/c1-4-19-23-24(21(27)16-10-18-15(25(16)19)7-8-30-18)12-20(26)22-11-13-5-6-14(28-2)9-17(13)29-3/h5-10H,4,11-12H2,1-3H3,(H,22,26). The quantitative estimate of drug-likeness (QED) is 0.491. The fraction of sp³-hybridized carbons (Fsp3) is 0.286. The number of benzene rings is 1. The topological polar surface area (TPSA) is 86.9 Å². The van der Waals surface area contributed by atoms with Crippen molar-refractivity contribution in [1.29, 1.82) is 0 Å². The van der Waals surface area contributed by atoms with Crippen LogP contribution in [0, 0.1) is 0 Å². The molecule has 0 aliphatic carbocycles. The van der Waals surface area contributed by atoms with Crippen LogP contribution < -0.4 is 20.3 Å². The highest BCUT2D eigenvalue weighted by Crippen LogP contribution is 2.25. The van der Waals surface area contributed by atoms with Gasteiger partial charge in [0.25, 0.3) is 5.56 Å². The third kappa shape index (κ3) is 3.52. The summed E-state index contributed by atoms with van der Waals surface area (Å²) in [5.41, 5.74) is 2.03. The molecule has 0 unspecified atom stereocenters. The second-order valence-corrected chi connectivity index (χ2v) is 7.67. The minimum absolute atomic E-state index is 0.153. The number of nitrogens with zero attached hydrogens (tertiary/aromatic N) is 3. The maximum atomic E-state index is 12.9. The summed E-state index contributed by atoms with van der Waals surface area (Å²) in [7, 11) is 3.14. The van der Waals surface area contributed by atoms with Crippen LogP contribution in [0.3, 0.4) is 0 Å². The van der Waals surface area contributed by atoms with Crippen LogP contribution in [-0.2, 0) is 24.3 Å². The van der Waals surface area contributed by atoms with Crippen LogP contribution in [0.1, 0.15) is 18.3 Å². The summed E-state index contributed by atoms with van der Waals surface area (Å²) in [5, 5.41) is 9.26. The fourth-order valence-electron chi connectivity index (χ4n) is 3.44. The van der Waals surface area contributed by atoms with Gasteiger partial charge in [0.15, 0.2) is 0 Å². The van der Waals surface area contributed by atoms with Gasteiger partial charge in [0.1, 0.15) is 29.4 Å². The first kappa shape index (κ1) is 20.0. The number of aromatic nitrogens is 3. The molecule has 0 saturated heterocycles. The Balaban J connectivity index is 1.56. The van der Waals surface area contributed by atoms with Crippen molar-refractivity contribution in [1.82, 2.24) is 19.5 Å². The van der Waals surface area contributed by atoms with E-state index in [2.05, 4.69) is 10.4 Å². The van der Waals surface area contributed by atoms with Gasteiger partial charge in [-0.25, -0.2) is 4.68 Å². The van der Waals surface area contributed by atoms with Crippen molar-refractivity contribution in [3.8, 4) is 11.5 Å². The SMILES string of the molecule is CCc1nn(CC(=O)NCc2ccc(OC)cc2OC)c(=O)c2cc3sccc3n12. The highest BCUT2D eigenvalue weighted by Gasteiger charge is 2.16. The number of carbonyl (C=O) groups excluding carboxylic acids is 1. The zero-order valence-corrected chi connectivity index (χ0v) is 17.8. The van der Waals surface area contributed by atoms with Gasteiger partial charge in [-0.3, -0.25) is 14.0 Å². The smallest absolute Gasteiger partial charge is 0.291 e. The summed E-state index contributed by atoms with van der Waals surface area (Å²) in [4.78, 5) is 25.5. The van der Waals surface area contributed by atoms with Crippen LogP contribution in [0.25, 0.3) is 15.7 Å². The van der Waals surface area contributed by atoms with Gasteiger partial charge in [-0.2, -0.15) is 5.10 Å². The third-order valence-corrected chi connectivity index (χ3v) is 5.80. The molecule has 30 heavy (non-hydrogen) atoms. The number of amides is 1. The summed E-state index contributed by atoms with van der Waals surface area (Å²) in [6, 6.07) is 9.23.